The molecule has 2 aliphatic rings. The highest BCUT2D eigenvalue weighted by Crippen LogP contribution is 2.38. The molecule has 0 aromatic carbocycles. The van der Waals surface area contributed by atoms with Gasteiger partial charge in [0.15, 0.2) is 0 Å². The van der Waals surface area contributed by atoms with Crippen LogP contribution in [0.4, 0.5) is 0 Å². The first-order valence-corrected chi connectivity index (χ1v) is 9.04. The Morgan fingerprint density at radius 1 is 1.46 bits per heavy atom. The van der Waals surface area contributed by atoms with E-state index in [1.807, 2.05) is 6.08 Å². The SMILES string of the molecule is C=C1C(=O)OC2CC(CO)CCC=C(CO)CC(OC(=O)C(C)=CC)C12. The Kier molecular flexibility index (Phi) is 7.17. The molecule has 6 nitrogen and oxygen atoms in total. The van der Waals surface area contributed by atoms with Crippen molar-refractivity contribution in [2.75, 3.05) is 13.2 Å². The Hall–Kier alpha value is -1.92. The zero-order valence-electron chi connectivity index (χ0n) is 15.4. The van der Waals surface area contributed by atoms with E-state index in [4.69, 9.17) is 9.47 Å². The Balaban J connectivity index is 2.37. The van der Waals surface area contributed by atoms with Gasteiger partial charge >= 0.3 is 11.9 Å². The number of ether oxygens (including phenoxy) is 2. The van der Waals surface area contributed by atoms with Crippen LogP contribution in [0.1, 0.15) is 39.5 Å². The summed E-state index contributed by atoms with van der Waals surface area (Å²) in [6.45, 7) is 7.09. The number of hydrogen-bond acceptors (Lipinski definition) is 6. The lowest BCUT2D eigenvalue weighted by molar-refractivity contribution is -0.148. The summed E-state index contributed by atoms with van der Waals surface area (Å²) < 4.78 is 11.2. The van der Waals surface area contributed by atoms with E-state index in [9.17, 15) is 19.8 Å². The first-order valence-electron chi connectivity index (χ1n) is 9.04. The number of esters is 2. The van der Waals surface area contributed by atoms with Gasteiger partial charge in [-0.15, -0.1) is 0 Å². The van der Waals surface area contributed by atoms with Gasteiger partial charge in [0.05, 0.1) is 12.5 Å². The highest BCUT2D eigenvalue weighted by Gasteiger charge is 2.46. The summed E-state index contributed by atoms with van der Waals surface area (Å²) in [5, 5.41) is 19.3. The van der Waals surface area contributed by atoms with Crippen molar-refractivity contribution in [3.63, 3.8) is 0 Å². The van der Waals surface area contributed by atoms with Crippen LogP contribution in [-0.4, -0.2) is 47.6 Å². The third-order valence-electron chi connectivity index (χ3n) is 5.24. The Labute approximate surface area is 154 Å². The molecule has 0 spiro atoms. The van der Waals surface area contributed by atoms with Gasteiger partial charge in [-0.25, -0.2) is 9.59 Å². The molecule has 144 valence electrons. The van der Waals surface area contributed by atoms with E-state index in [1.165, 1.54) is 0 Å². The molecule has 4 atom stereocenters. The fraction of sp³-hybridized carbons (Fsp3) is 0.600. The first kappa shape index (κ1) is 20.4. The first-order chi connectivity index (χ1) is 12.4. The van der Waals surface area contributed by atoms with Gasteiger partial charge in [-0.3, -0.25) is 0 Å². The third kappa shape index (κ3) is 4.62. The van der Waals surface area contributed by atoms with Crippen LogP contribution in [0.2, 0.25) is 0 Å². The van der Waals surface area contributed by atoms with Crippen molar-refractivity contribution in [2.45, 2.75) is 51.7 Å². The average molecular weight is 364 g/mol. The minimum Gasteiger partial charge on any atom is -0.458 e. The largest absolute Gasteiger partial charge is 0.458 e. The van der Waals surface area contributed by atoms with Crippen LogP contribution in [0.25, 0.3) is 0 Å². The van der Waals surface area contributed by atoms with Gasteiger partial charge in [0.1, 0.15) is 12.2 Å². The zero-order chi connectivity index (χ0) is 19.3. The summed E-state index contributed by atoms with van der Waals surface area (Å²) in [4.78, 5) is 24.4. The van der Waals surface area contributed by atoms with E-state index in [1.54, 1.807) is 19.9 Å². The molecule has 0 saturated carbocycles. The predicted octanol–water partition coefficient (Wildman–Crippen LogP) is 2.06. The number of carbonyl (C=O) groups excluding carboxylic acids is 2. The molecule has 1 aliphatic heterocycles. The fourth-order valence-corrected chi connectivity index (χ4v) is 3.50. The molecule has 2 N–H and O–H groups in total. The summed E-state index contributed by atoms with van der Waals surface area (Å²) in [7, 11) is 0. The minimum atomic E-state index is -0.655. The summed E-state index contributed by atoms with van der Waals surface area (Å²) in [6.07, 6.45) is 4.68. The molecular weight excluding hydrogens is 336 g/mol. The van der Waals surface area contributed by atoms with Crippen LogP contribution >= 0.6 is 0 Å². The molecule has 1 saturated heterocycles. The van der Waals surface area contributed by atoms with Crippen molar-refractivity contribution in [3.8, 4) is 0 Å². The minimum absolute atomic E-state index is 0.0162. The van der Waals surface area contributed by atoms with Crippen molar-refractivity contribution in [1.82, 2.24) is 0 Å². The second kappa shape index (κ2) is 9.14. The monoisotopic (exact) mass is 364 g/mol. The van der Waals surface area contributed by atoms with Gasteiger partial charge in [0.2, 0.25) is 0 Å². The lowest BCUT2D eigenvalue weighted by atomic mass is 9.81. The fourth-order valence-electron chi connectivity index (χ4n) is 3.50. The molecule has 26 heavy (non-hydrogen) atoms. The summed E-state index contributed by atoms with van der Waals surface area (Å²) in [5.74, 6) is -1.48. The number of aliphatic hydroxyl groups excluding tert-OH is 2. The van der Waals surface area contributed by atoms with Crippen molar-refractivity contribution < 1.29 is 29.3 Å². The van der Waals surface area contributed by atoms with Gasteiger partial charge < -0.3 is 19.7 Å². The van der Waals surface area contributed by atoms with E-state index in [0.717, 1.165) is 12.0 Å². The van der Waals surface area contributed by atoms with Crippen LogP contribution in [0.15, 0.2) is 35.5 Å². The summed E-state index contributed by atoms with van der Waals surface area (Å²) in [6, 6.07) is 0. The van der Waals surface area contributed by atoms with Crippen LogP contribution in [0, 0.1) is 11.8 Å². The number of fused-ring (bicyclic) bond motifs is 1. The molecule has 1 heterocycles. The number of carbonyl (C=O) groups is 2. The maximum Gasteiger partial charge on any atom is 0.334 e. The highest BCUT2D eigenvalue weighted by atomic mass is 16.6. The molecule has 0 aromatic rings. The lowest BCUT2D eigenvalue weighted by Gasteiger charge is -2.30. The van der Waals surface area contributed by atoms with Crippen LogP contribution in [0.3, 0.4) is 0 Å². The van der Waals surface area contributed by atoms with E-state index in [-0.39, 0.29) is 24.7 Å². The summed E-state index contributed by atoms with van der Waals surface area (Å²) >= 11 is 0. The van der Waals surface area contributed by atoms with Crippen molar-refractivity contribution in [2.24, 2.45) is 11.8 Å². The highest BCUT2D eigenvalue weighted by molar-refractivity contribution is 5.91. The number of hydrogen-bond donors (Lipinski definition) is 2. The summed E-state index contributed by atoms with van der Waals surface area (Å²) in [5.41, 5.74) is 1.49. The second-order valence-electron chi connectivity index (χ2n) is 7.00. The predicted molar refractivity (Wildman–Crippen MR) is 96.0 cm³/mol. The smallest absolute Gasteiger partial charge is 0.334 e. The molecular formula is C20H28O6. The molecule has 0 bridgehead atoms. The maximum absolute atomic E-state index is 12.3. The van der Waals surface area contributed by atoms with Crippen LogP contribution < -0.4 is 0 Å². The van der Waals surface area contributed by atoms with E-state index < -0.39 is 30.1 Å². The molecule has 0 radical (unpaired) electrons. The molecule has 6 heteroatoms. The van der Waals surface area contributed by atoms with Crippen LogP contribution in [0.5, 0.6) is 0 Å². The Morgan fingerprint density at radius 2 is 2.19 bits per heavy atom. The lowest BCUT2D eigenvalue weighted by Crippen LogP contribution is -2.36. The van der Waals surface area contributed by atoms with Crippen LogP contribution in [-0.2, 0) is 19.1 Å². The van der Waals surface area contributed by atoms with Gasteiger partial charge in [0, 0.05) is 24.2 Å². The van der Waals surface area contributed by atoms with Gasteiger partial charge in [0.25, 0.3) is 0 Å². The molecule has 2 rings (SSSR count). The quantitative estimate of drug-likeness (QED) is 0.451. The third-order valence-corrected chi connectivity index (χ3v) is 5.24. The van der Waals surface area contributed by atoms with E-state index in [2.05, 4.69) is 6.58 Å². The standard InChI is InChI=1S/C20H28O6/c1-4-12(2)19(23)25-16-8-14(10-21)6-5-7-15(11-22)9-17-18(16)13(3)20(24)26-17/h4,6,15-18,21-22H,3,5,7-11H2,1-2H3. The molecule has 1 fully saturated rings. The van der Waals surface area contributed by atoms with Crippen molar-refractivity contribution >= 4 is 11.9 Å². The topological polar surface area (TPSA) is 93.1 Å². The molecule has 1 aliphatic carbocycles. The maximum atomic E-state index is 12.3. The second-order valence-corrected chi connectivity index (χ2v) is 7.00. The van der Waals surface area contributed by atoms with Gasteiger partial charge in [-0.2, -0.15) is 0 Å². The van der Waals surface area contributed by atoms with Crippen molar-refractivity contribution in [3.05, 3.63) is 35.5 Å². The average Bonchev–Trinajstić information content (AvgIpc) is 2.91. The van der Waals surface area contributed by atoms with E-state index in [0.29, 0.717) is 24.8 Å². The number of allylic oxidation sites excluding steroid dienone is 2. The molecule has 0 aromatic heterocycles. The number of aliphatic hydroxyl groups is 2. The molecule has 4 unspecified atom stereocenters. The van der Waals surface area contributed by atoms with E-state index >= 15 is 0 Å². The number of rotatable bonds is 4. The van der Waals surface area contributed by atoms with Gasteiger partial charge in [-0.05, 0) is 44.6 Å². The molecule has 0 amide bonds. The normalized spacial score (nSPS) is 30.3. The van der Waals surface area contributed by atoms with Gasteiger partial charge in [-0.1, -0.05) is 18.7 Å². The Bertz CT molecular complexity index is 618. The Morgan fingerprint density at radius 3 is 2.81 bits per heavy atom. The van der Waals surface area contributed by atoms with Crippen molar-refractivity contribution in [1.29, 1.82) is 0 Å². The zero-order valence-corrected chi connectivity index (χ0v) is 15.4.